The molecule has 1 saturated carbocycles. The van der Waals surface area contributed by atoms with Crippen LogP contribution in [0.4, 0.5) is 5.69 Å². The van der Waals surface area contributed by atoms with Crippen LogP contribution in [0.5, 0.6) is 0 Å². The van der Waals surface area contributed by atoms with Gasteiger partial charge in [0.2, 0.25) is 0 Å². The Bertz CT molecular complexity index is 656. The maximum atomic E-state index is 12.6. The standard InChI is InChI=1S/C18H19NO/c1-12-16(9-4-10-17(12)19)18(20)15-8-3-7-14(11-15)13-5-2-6-13/h3-4,7-11,13H,2,5-6,19H2,1H3. The third-order valence-corrected chi connectivity index (χ3v) is 4.35. The summed E-state index contributed by atoms with van der Waals surface area (Å²) in [5.41, 5.74) is 10.2. The van der Waals surface area contributed by atoms with Crippen molar-refractivity contribution in [2.24, 2.45) is 0 Å². The maximum Gasteiger partial charge on any atom is 0.193 e. The van der Waals surface area contributed by atoms with Gasteiger partial charge < -0.3 is 5.73 Å². The molecule has 3 rings (SSSR count). The molecule has 0 radical (unpaired) electrons. The molecule has 0 saturated heterocycles. The molecule has 0 aromatic heterocycles. The third-order valence-electron chi connectivity index (χ3n) is 4.35. The lowest BCUT2D eigenvalue weighted by Crippen LogP contribution is -2.11. The molecule has 0 heterocycles. The smallest absolute Gasteiger partial charge is 0.193 e. The van der Waals surface area contributed by atoms with E-state index >= 15 is 0 Å². The Hall–Kier alpha value is -2.09. The fraction of sp³-hybridized carbons (Fsp3) is 0.278. The van der Waals surface area contributed by atoms with E-state index in [9.17, 15) is 4.79 Å². The van der Waals surface area contributed by atoms with Crippen LogP contribution in [-0.4, -0.2) is 5.78 Å². The minimum atomic E-state index is 0.0657. The Morgan fingerprint density at radius 2 is 1.90 bits per heavy atom. The van der Waals surface area contributed by atoms with Gasteiger partial charge in [-0.2, -0.15) is 0 Å². The van der Waals surface area contributed by atoms with Crippen LogP contribution in [0.3, 0.4) is 0 Å². The molecule has 102 valence electrons. The average molecular weight is 265 g/mol. The van der Waals surface area contributed by atoms with Crippen molar-refractivity contribution in [1.82, 2.24) is 0 Å². The molecule has 2 N–H and O–H groups in total. The number of benzene rings is 2. The van der Waals surface area contributed by atoms with Crippen molar-refractivity contribution in [1.29, 1.82) is 0 Å². The van der Waals surface area contributed by atoms with Gasteiger partial charge in [-0.3, -0.25) is 4.79 Å². The molecule has 20 heavy (non-hydrogen) atoms. The summed E-state index contributed by atoms with van der Waals surface area (Å²) in [7, 11) is 0. The van der Waals surface area contributed by atoms with Crippen LogP contribution in [0, 0.1) is 6.92 Å². The zero-order valence-corrected chi connectivity index (χ0v) is 11.7. The second-order valence-electron chi connectivity index (χ2n) is 5.60. The van der Waals surface area contributed by atoms with Crippen LogP contribution in [0.1, 0.15) is 52.2 Å². The van der Waals surface area contributed by atoms with Crippen molar-refractivity contribution in [2.75, 3.05) is 5.73 Å². The molecular formula is C18H19NO. The van der Waals surface area contributed by atoms with Gasteiger partial charge in [0.25, 0.3) is 0 Å². The fourth-order valence-corrected chi connectivity index (χ4v) is 2.73. The molecule has 2 heteroatoms. The molecule has 2 aromatic rings. The molecule has 1 fully saturated rings. The molecule has 0 bridgehead atoms. The van der Waals surface area contributed by atoms with E-state index in [-0.39, 0.29) is 5.78 Å². The van der Waals surface area contributed by atoms with Gasteiger partial charge in [0.05, 0.1) is 0 Å². The first-order chi connectivity index (χ1) is 9.66. The topological polar surface area (TPSA) is 43.1 Å². The highest BCUT2D eigenvalue weighted by molar-refractivity contribution is 6.10. The van der Waals surface area contributed by atoms with Crippen molar-refractivity contribution in [3.05, 3.63) is 64.7 Å². The van der Waals surface area contributed by atoms with E-state index in [0.717, 1.165) is 11.1 Å². The summed E-state index contributed by atoms with van der Waals surface area (Å²) in [6.07, 6.45) is 3.79. The quantitative estimate of drug-likeness (QED) is 0.671. The monoisotopic (exact) mass is 265 g/mol. The predicted molar refractivity (Wildman–Crippen MR) is 82.1 cm³/mol. The number of anilines is 1. The number of ketones is 1. The number of nitrogen functional groups attached to an aromatic ring is 1. The average Bonchev–Trinajstić information content (AvgIpc) is 2.40. The van der Waals surface area contributed by atoms with E-state index in [0.29, 0.717) is 17.2 Å². The van der Waals surface area contributed by atoms with E-state index in [1.807, 2.05) is 37.3 Å². The summed E-state index contributed by atoms with van der Waals surface area (Å²) in [6, 6.07) is 13.6. The van der Waals surface area contributed by atoms with Gasteiger partial charge in [0, 0.05) is 16.8 Å². The highest BCUT2D eigenvalue weighted by Crippen LogP contribution is 2.36. The number of hydrogen-bond acceptors (Lipinski definition) is 2. The van der Waals surface area contributed by atoms with E-state index in [1.165, 1.54) is 24.8 Å². The minimum absolute atomic E-state index is 0.0657. The first-order valence-corrected chi connectivity index (χ1v) is 7.16. The largest absolute Gasteiger partial charge is 0.398 e. The summed E-state index contributed by atoms with van der Waals surface area (Å²) >= 11 is 0. The van der Waals surface area contributed by atoms with Crippen molar-refractivity contribution < 1.29 is 4.79 Å². The Labute approximate surface area is 119 Å². The highest BCUT2D eigenvalue weighted by atomic mass is 16.1. The van der Waals surface area contributed by atoms with Crippen LogP contribution < -0.4 is 5.73 Å². The Balaban J connectivity index is 1.95. The summed E-state index contributed by atoms with van der Waals surface area (Å²) in [4.78, 5) is 12.6. The van der Waals surface area contributed by atoms with Crippen molar-refractivity contribution >= 4 is 11.5 Å². The first kappa shape index (κ1) is 12.9. The molecular weight excluding hydrogens is 246 g/mol. The maximum absolute atomic E-state index is 12.6. The predicted octanol–water partition coefficient (Wildman–Crippen LogP) is 4.08. The van der Waals surface area contributed by atoms with Crippen molar-refractivity contribution in [2.45, 2.75) is 32.1 Å². The molecule has 0 unspecified atom stereocenters. The molecule has 0 spiro atoms. The zero-order valence-electron chi connectivity index (χ0n) is 11.7. The second-order valence-corrected chi connectivity index (χ2v) is 5.60. The van der Waals surface area contributed by atoms with E-state index < -0.39 is 0 Å². The molecule has 2 aromatic carbocycles. The van der Waals surface area contributed by atoms with Gasteiger partial charge in [0.15, 0.2) is 5.78 Å². The fourth-order valence-electron chi connectivity index (χ4n) is 2.73. The summed E-state index contributed by atoms with van der Waals surface area (Å²) in [5, 5.41) is 0. The number of carbonyl (C=O) groups is 1. The number of hydrogen-bond donors (Lipinski definition) is 1. The Morgan fingerprint density at radius 3 is 2.60 bits per heavy atom. The van der Waals surface area contributed by atoms with Crippen LogP contribution in [0.2, 0.25) is 0 Å². The lowest BCUT2D eigenvalue weighted by Gasteiger charge is -2.26. The van der Waals surface area contributed by atoms with Crippen LogP contribution >= 0.6 is 0 Å². The summed E-state index contributed by atoms with van der Waals surface area (Å²) in [5.74, 6) is 0.709. The molecule has 0 atom stereocenters. The van der Waals surface area contributed by atoms with Gasteiger partial charge in [-0.25, -0.2) is 0 Å². The number of carbonyl (C=O) groups excluding carboxylic acids is 1. The normalized spacial score (nSPS) is 14.8. The zero-order chi connectivity index (χ0) is 14.1. The molecule has 0 amide bonds. The van der Waals surface area contributed by atoms with Crippen LogP contribution in [0.15, 0.2) is 42.5 Å². The van der Waals surface area contributed by atoms with Gasteiger partial charge in [-0.05, 0) is 48.9 Å². The lowest BCUT2D eigenvalue weighted by atomic mass is 9.79. The lowest BCUT2D eigenvalue weighted by molar-refractivity contribution is 0.103. The van der Waals surface area contributed by atoms with Gasteiger partial charge in [0.1, 0.15) is 0 Å². The third kappa shape index (κ3) is 2.22. The molecule has 0 aliphatic heterocycles. The minimum Gasteiger partial charge on any atom is -0.398 e. The first-order valence-electron chi connectivity index (χ1n) is 7.16. The van der Waals surface area contributed by atoms with Gasteiger partial charge in [-0.15, -0.1) is 0 Å². The van der Waals surface area contributed by atoms with Crippen molar-refractivity contribution in [3.63, 3.8) is 0 Å². The summed E-state index contributed by atoms with van der Waals surface area (Å²) < 4.78 is 0. The second kappa shape index (κ2) is 5.12. The highest BCUT2D eigenvalue weighted by Gasteiger charge is 2.21. The van der Waals surface area contributed by atoms with Gasteiger partial charge in [-0.1, -0.05) is 36.8 Å². The van der Waals surface area contributed by atoms with Gasteiger partial charge >= 0.3 is 0 Å². The number of nitrogens with two attached hydrogens (primary N) is 1. The van der Waals surface area contributed by atoms with E-state index in [4.69, 9.17) is 5.73 Å². The van der Waals surface area contributed by atoms with E-state index in [1.54, 1.807) is 0 Å². The molecule has 1 aliphatic carbocycles. The number of rotatable bonds is 3. The molecule has 1 aliphatic rings. The van der Waals surface area contributed by atoms with Crippen LogP contribution in [-0.2, 0) is 0 Å². The van der Waals surface area contributed by atoms with E-state index in [2.05, 4.69) is 12.1 Å². The van der Waals surface area contributed by atoms with Crippen LogP contribution in [0.25, 0.3) is 0 Å². The Morgan fingerprint density at radius 1 is 1.15 bits per heavy atom. The Kier molecular flexibility index (Phi) is 3.31. The summed E-state index contributed by atoms with van der Waals surface area (Å²) in [6.45, 7) is 1.90. The SMILES string of the molecule is Cc1c(N)cccc1C(=O)c1cccc(C2CCC2)c1. The van der Waals surface area contributed by atoms with Crippen molar-refractivity contribution in [3.8, 4) is 0 Å². The molecule has 2 nitrogen and oxygen atoms in total.